The molecule has 2 aromatic carbocycles. The highest BCUT2D eigenvalue weighted by atomic mass is 79.9. The van der Waals surface area contributed by atoms with Crippen molar-refractivity contribution < 1.29 is 4.39 Å². The number of rotatable bonds is 3. The third-order valence-corrected chi connectivity index (χ3v) is 5.16. The van der Waals surface area contributed by atoms with Gasteiger partial charge in [-0.05, 0) is 35.9 Å². The fraction of sp³-hybridized carbons (Fsp3) is 0.133. The molecule has 3 rings (SSSR count). The van der Waals surface area contributed by atoms with Crippen molar-refractivity contribution in [1.82, 2.24) is 4.98 Å². The van der Waals surface area contributed by atoms with Gasteiger partial charge < -0.3 is 0 Å². The largest absolute Gasteiger partial charge is 0.241 e. The average molecular weight is 371 g/mol. The summed E-state index contributed by atoms with van der Waals surface area (Å²) < 4.78 is 15.3. The zero-order valence-corrected chi connectivity index (χ0v) is 13.5. The van der Waals surface area contributed by atoms with E-state index in [9.17, 15) is 4.39 Å². The molecule has 1 unspecified atom stereocenters. The van der Waals surface area contributed by atoms with Crippen LogP contribution >= 0.6 is 38.9 Å². The van der Waals surface area contributed by atoms with E-state index in [-0.39, 0.29) is 11.2 Å². The first-order chi connectivity index (χ1) is 9.63. The molecule has 0 aliphatic carbocycles. The summed E-state index contributed by atoms with van der Waals surface area (Å²) in [5.41, 5.74) is 1.74. The molecule has 0 bridgehead atoms. The molecule has 0 aliphatic heterocycles. The third-order valence-electron chi connectivity index (χ3n) is 2.99. The van der Waals surface area contributed by atoms with Crippen LogP contribution in [0.1, 0.15) is 15.9 Å². The SMILES string of the molecule is Fc1ccc(Br)c(C(Cl)Cc2nc3ccccc3s2)c1. The van der Waals surface area contributed by atoms with Crippen LogP contribution in [0.4, 0.5) is 4.39 Å². The molecule has 0 radical (unpaired) electrons. The summed E-state index contributed by atoms with van der Waals surface area (Å²) in [4.78, 5) is 4.56. The number of hydrogen-bond donors (Lipinski definition) is 0. The van der Waals surface area contributed by atoms with Crippen molar-refractivity contribution in [1.29, 1.82) is 0 Å². The summed E-state index contributed by atoms with van der Waals surface area (Å²) in [6, 6.07) is 12.5. The molecule has 1 aromatic heterocycles. The molecule has 0 N–H and O–H groups in total. The predicted octanol–water partition coefficient (Wildman–Crippen LogP) is 5.72. The molecule has 3 aromatic rings. The van der Waals surface area contributed by atoms with Crippen molar-refractivity contribution in [3.05, 3.63) is 63.3 Å². The monoisotopic (exact) mass is 369 g/mol. The molecule has 20 heavy (non-hydrogen) atoms. The van der Waals surface area contributed by atoms with Gasteiger partial charge in [-0.25, -0.2) is 9.37 Å². The minimum absolute atomic E-state index is 0.279. The first-order valence-electron chi connectivity index (χ1n) is 6.07. The first-order valence-corrected chi connectivity index (χ1v) is 8.11. The molecule has 0 spiro atoms. The number of aromatic nitrogens is 1. The predicted molar refractivity (Wildman–Crippen MR) is 86.0 cm³/mol. The Labute approximate surface area is 133 Å². The maximum atomic E-state index is 13.3. The van der Waals surface area contributed by atoms with Gasteiger partial charge in [-0.15, -0.1) is 22.9 Å². The maximum Gasteiger partial charge on any atom is 0.123 e. The molecule has 1 heterocycles. The highest BCUT2D eigenvalue weighted by molar-refractivity contribution is 9.10. The van der Waals surface area contributed by atoms with Gasteiger partial charge >= 0.3 is 0 Å². The normalized spacial score (nSPS) is 12.8. The van der Waals surface area contributed by atoms with Gasteiger partial charge in [-0.2, -0.15) is 0 Å². The van der Waals surface area contributed by atoms with Gasteiger partial charge in [0.1, 0.15) is 5.82 Å². The Morgan fingerprint density at radius 2 is 2.05 bits per heavy atom. The molecular weight excluding hydrogens is 361 g/mol. The van der Waals surface area contributed by atoms with E-state index >= 15 is 0 Å². The van der Waals surface area contributed by atoms with Crippen LogP contribution in [0.5, 0.6) is 0 Å². The third kappa shape index (κ3) is 2.87. The van der Waals surface area contributed by atoms with Crippen LogP contribution in [0.2, 0.25) is 0 Å². The Kier molecular flexibility index (Phi) is 4.06. The van der Waals surface area contributed by atoms with E-state index in [4.69, 9.17) is 11.6 Å². The number of alkyl halides is 1. The molecule has 1 atom stereocenters. The number of benzene rings is 2. The van der Waals surface area contributed by atoms with Gasteiger partial charge in [-0.3, -0.25) is 0 Å². The maximum absolute atomic E-state index is 13.3. The molecule has 0 aliphatic rings. The molecule has 102 valence electrons. The van der Waals surface area contributed by atoms with E-state index in [1.54, 1.807) is 17.4 Å². The summed E-state index contributed by atoms with van der Waals surface area (Å²) in [7, 11) is 0. The first kappa shape index (κ1) is 14.0. The van der Waals surface area contributed by atoms with Gasteiger partial charge in [0.15, 0.2) is 0 Å². The second kappa shape index (κ2) is 5.80. The Morgan fingerprint density at radius 1 is 1.25 bits per heavy atom. The van der Waals surface area contributed by atoms with Crippen LogP contribution < -0.4 is 0 Å². The van der Waals surface area contributed by atoms with Crippen LogP contribution in [-0.4, -0.2) is 4.98 Å². The van der Waals surface area contributed by atoms with Crippen LogP contribution in [0.25, 0.3) is 10.2 Å². The molecule has 0 saturated carbocycles. The second-order valence-electron chi connectivity index (χ2n) is 4.41. The van der Waals surface area contributed by atoms with Gasteiger partial charge in [-0.1, -0.05) is 28.1 Å². The van der Waals surface area contributed by atoms with E-state index < -0.39 is 0 Å². The Bertz CT molecular complexity index is 725. The number of halogens is 3. The number of nitrogens with zero attached hydrogens (tertiary/aromatic N) is 1. The smallest absolute Gasteiger partial charge is 0.123 e. The van der Waals surface area contributed by atoms with Crippen LogP contribution in [0.3, 0.4) is 0 Å². The lowest BCUT2D eigenvalue weighted by Crippen LogP contribution is -1.97. The number of para-hydroxylation sites is 1. The average Bonchev–Trinajstić information content (AvgIpc) is 2.83. The van der Waals surface area contributed by atoms with Crippen molar-refractivity contribution in [2.24, 2.45) is 0 Å². The van der Waals surface area contributed by atoms with E-state index in [0.717, 1.165) is 25.3 Å². The molecule has 0 amide bonds. The number of thiazole rings is 1. The molecule has 0 fully saturated rings. The molecular formula is C15H10BrClFNS. The van der Waals surface area contributed by atoms with E-state index in [1.807, 2.05) is 24.3 Å². The van der Waals surface area contributed by atoms with Gasteiger partial charge in [0.05, 0.1) is 20.6 Å². The summed E-state index contributed by atoms with van der Waals surface area (Å²) in [6.07, 6.45) is 0.586. The highest BCUT2D eigenvalue weighted by Crippen LogP contribution is 2.33. The van der Waals surface area contributed by atoms with E-state index in [0.29, 0.717) is 6.42 Å². The zero-order chi connectivity index (χ0) is 14.1. The second-order valence-corrected chi connectivity index (χ2v) is 6.91. The summed E-state index contributed by atoms with van der Waals surface area (Å²) >= 11 is 11.5. The van der Waals surface area contributed by atoms with E-state index in [1.165, 1.54) is 12.1 Å². The zero-order valence-electron chi connectivity index (χ0n) is 10.3. The van der Waals surface area contributed by atoms with Crippen LogP contribution in [0, 0.1) is 5.82 Å². The Hall–Kier alpha value is -0.970. The quantitative estimate of drug-likeness (QED) is 0.537. The minimum Gasteiger partial charge on any atom is -0.241 e. The van der Waals surface area contributed by atoms with Gasteiger partial charge in [0, 0.05) is 10.9 Å². The van der Waals surface area contributed by atoms with Crippen molar-refractivity contribution in [2.45, 2.75) is 11.8 Å². The fourth-order valence-corrected chi connectivity index (χ4v) is 4.11. The summed E-state index contributed by atoms with van der Waals surface area (Å²) in [5.74, 6) is -0.279. The topological polar surface area (TPSA) is 12.9 Å². The van der Waals surface area contributed by atoms with Gasteiger partial charge in [0.25, 0.3) is 0 Å². The van der Waals surface area contributed by atoms with Gasteiger partial charge in [0.2, 0.25) is 0 Å². The Morgan fingerprint density at radius 3 is 2.85 bits per heavy atom. The molecule has 5 heteroatoms. The van der Waals surface area contributed by atoms with Crippen LogP contribution in [0.15, 0.2) is 46.9 Å². The lowest BCUT2D eigenvalue weighted by molar-refractivity contribution is 0.624. The van der Waals surface area contributed by atoms with Crippen molar-refractivity contribution >= 4 is 49.1 Å². The lowest BCUT2D eigenvalue weighted by Gasteiger charge is -2.10. The fourth-order valence-electron chi connectivity index (χ4n) is 2.03. The standard InChI is InChI=1S/C15H10BrClFNS/c16-11-6-5-9(18)7-10(11)12(17)8-15-19-13-3-1-2-4-14(13)20-15/h1-7,12H,8H2. The summed E-state index contributed by atoms with van der Waals surface area (Å²) in [5, 5.41) is 0.656. The Balaban J connectivity index is 1.88. The lowest BCUT2D eigenvalue weighted by atomic mass is 10.1. The van der Waals surface area contributed by atoms with Crippen molar-refractivity contribution in [3.63, 3.8) is 0 Å². The number of fused-ring (bicyclic) bond motifs is 1. The number of hydrogen-bond acceptors (Lipinski definition) is 2. The minimum atomic E-state index is -0.305. The molecule has 0 saturated heterocycles. The van der Waals surface area contributed by atoms with Crippen molar-refractivity contribution in [3.8, 4) is 0 Å². The van der Waals surface area contributed by atoms with E-state index in [2.05, 4.69) is 20.9 Å². The van der Waals surface area contributed by atoms with Crippen LogP contribution in [-0.2, 0) is 6.42 Å². The summed E-state index contributed by atoms with van der Waals surface area (Å²) in [6.45, 7) is 0. The molecule has 1 nitrogen and oxygen atoms in total. The highest BCUT2D eigenvalue weighted by Gasteiger charge is 2.15. The van der Waals surface area contributed by atoms with Crippen molar-refractivity contribution in [2.75, 3.05) is 0 Å².